The fourth-order valence-corrected chi connectivity index (χ4v) is 1.51. The molecule has 0 N–H and O–H groups in total. The van der Waals surface area contributed by atoms with Gasteiger partial charge in [0.1, 0.15) is 24.6 Å². The van der Waals surface area contributed by atoms with Gasteiger partial charge < -0.3 is 4.74 Å². The van der Waals surface area contributed by atoms with E-state index in [1.165, 1.54) is 24.4 Å². The highest BCUT2D eigenvalue weighted by atomic mass is 16.5. The summed E-state index contributed by atoms with van der Waals surface area (Å²) < 4.78 is 7.34. The number of nitroso groups, excluding NO2 is 1. The van der Waals surface area contributed by atoms with Crippen molar-refractivity contribution in [2.45, 2.75) is 0 Å². The largest absolute Gasteiger partial charge is 0.497 e. The molecule has 0 atom stereocenters. The fourth-order valence-electron chi connectivity index (χ4n) is 1.51. The van der Waals surface area contributed by atoms with Crippen LogP contribution in [-0.2, 0) is 0 Å². The molecule has 0 radical (unpaired) electrons. The number of hydrogen-bond acceptors (Lipinski definition) is 4. The van der Waals surface area contributed by atoms with Gasteiger partial charge in [-0.3, -0.25) is 0 Å². The molecule has 2 aromatic rings. The van der Waals surface area contributed by atoms with Crippen molar-refractivity contribution in [3.63, 3.8) is 0 Å². The first-order valence-corrected chi connectivity index (χ1v) is 5.32. The Morgan fingerprint density at radius 3 is 2.61 bits per heavy atom. The first-order valence-electron chi connectivity index (χ1n) is 5.32. The molecule has 0 aliphatic heterocycles. The lowest BCUT2D eigenvalue weighted by molar-refractivity contribution is -0.418. The zero-order valence-corrected chi connectivity index (χ0v) is 10.1. The maximum atomic E-state index is 11.6. The van der Waals surface area contributed by atoms with Crippen LogP contribution < -0.4 is 4.74 Å². The Labute approximate surface area is 104 Å². The van der Waals surface area contributed by atoms with E-state index in [2.05, 4.69) is 10.1 Å². The molecule has 0 aliphatic carbocycles. The van der Waals surface area contributed by atoms with Crippen molar-refractivity contribution in [1.29, 1.82) is 0 Å². The van der Waals surface area contributed by atoms with Crippen LogP contribution in [0.3, 0.4) is 0 Å². The standard InChI is InChI=1S/C12H13N4O2/c1-15(17)12(7-16-9-13-8-14-16)10-3-5-11(18-2)6-4-10/h3-9H,1-2H3/q+1. The number of methoxy groups -OCH3 is 1. The molecule has 0 unspecified atom stereocenters. The van der Waals surface area contributed by atoms with E-state index in [0.717, 1.165) is 16.1 Å². The molecular weight excluding hydrogens is 232 g/mol. The van der Waals surface area contributed by atoms with Crippen LogP contribution in [0, 0.1) is 4.91 Å². The molecule has 18 heavy (non-hydrogen) atoms. The summed E-state index contributed by atoms with van der Waals surface area (Å²) in [6.45, 7) is 0. The van der Waals surface area contributed by atoms with Gasteiger partial charge in [-0.05, 0) is 24.3 Å². The second kappa shape index (κ2) is 5.22. The molecular formula is C12H13N4O2+. The summed E-state index contributed by atoms with van der Waals surface area (Å²) in [5.74, 6) is 0.743. The monoisotopic (exact) mass is 245 g/mol. The Kier molecular flexibility index (Phi) is 3.47. The van der Waals surface area contributed by atoms with E-state index in [9.17, 15) is 4.91 Å². The van der Waals surface area contributed by atoms with E-state index in [1.807, 2.05) is 12.1 Å². The van der Waals surface area contributed by atoms with Crippen molar-refractivity contribution in [1.82, 2.24) is 14.8 Å². The Hall–Kier alpha value is -2.50. The van der Waals surface area contributed by atoms with Crippen LogP contribution >= 0.6 is 0 Å². The van der Waals surface area contributed by atoms with Crippen molar-refractivity contribution < 1.29 is 9.50 Å². The van der Waals surface area contributed by atoms with Gasteiger partial charge in [0.2, 0.25) is 0 Å². The zero-order valence-electron chi connectivity index (χ0n) is 10.1. The molecule has 1 aromatic heterocycles. The third-order valence-electron chi connectivity index (χ3n) is 2.42. The molecule has 2 rings (SSSR count). The van der Waals surface area contributed by atoms with Crippen LogP contribution in [0.4, 0.5) is 0 Å². The molecule has 0 saturated heterocycles. The maximum absolute atomic E-state index is 11.6. The van der Waals surface area contributed by atoms with Gasteiger partial charge in [0.05, 0.1) is 12.7 Å². The Morgan fingerprint density at radius 1 is 1.39 bits per heavy atom. The van der Waals surface area contributed by atoms with Crippen LogP contribution in [0.2, 0.25) is 0 Å². The van der Waals surface area contributed by atoms with Gasteiger partial charge in [-0.15, -0.1) is 0 Å². The van der Waals surface area contributed by atoms with Gasteiger partial charge in [0, 0.05) is 9.67 Å². The minimum Gasteiger partial charge on any atom is -0.497 e. The van der Waals surface area contributed by atoms with Crippen LogP contribution in [-0.4, -0.2) is 33.7 Å². The fraction of sp³-hybridized carbons (Fsp3) is 0.167. The summed E-state index contributed by atoms with van der Waals surface area (Å²) in [7, 11) is 3.04. The van der Waals surface area contributed by atoms with E-state index in [-0.39, 0.29) is 0 Å². The smallest absolute Gasteiger partial charge is 0.280 e. The van der Waals surface area contributed by atoms with E-state index in [4.69, 9.17) is 4.74 Å². The van der Waals surface area contributed by atoms with Crippen LogP contribution in [0.1, 0.15) is 5.56 Å². The highest BCUT2D eigenvalue weighted by Gasteiger charge is 2.15. The molecule has 1 heterocycles. The van der Waals surface area contributed by atoms with Crippen LogP contribution in [0.5, 0.6) is 5.75 Å². The normalized spacial score (nSPS) is 11.3. The second-order valence-electron chi connectivity index (χ2n) is 3.62. The zero-order chi connectivity index (χ0) is 13.0. The number of hydrogen-bond donors (Lipinski definition) is 0. The lowest BCUT2D eigenvalue weighted by Crippen LogP contribution is -2.02. The summed E-state index contributed by atoms with van der Waals surface area (Å²) in [5.41, 5.74) is 1.27. The summed E-state index contributed by atoms with van der Waals surface area (Å²) in [6.07, 6.45) is 4.54. The molecule has 92 valence electrons. The van der Waals surface area contributed by atoms with Crippen molar-refractivity contribution >= 4 is 11.9 Å². The lowest BCUT2D eigenvalue weighted by atomic mass is 10.1. The molecule has 0 saturated carbocycles. The Balaban J connectivity index is 2.38. The van der Waals surface area contributed by atoms with Crippen molar-refractivity contribution in [2.24, 2.45) is 0 Å². The van der Waals surface area contributed by atoms with Gasteiger partial charge in [-0.1, -0.05) is 0 Å². The number of nitrogens with zero attached hydrogens (tertiary/aromatic N) is 4. The predicted molar refractivity (Wildman–Crippen MR) is 66.7 cm³/mol. The molecule has 0 bridgehead atoms. The van der Waals surface area contributed by atoms with E-state index in [1.54, 1.807) is 25.4 Å². The number of aromatic nitrogens is 3. The van der Waals surface area contributed by atoms with Crippen LogP contribution in [0.25, 0.3) is 11.9 Å². The summed E-state index contributed by atoms with van der Waals surface area (Å²) in [6, 6.07) is 7.23. The quantitative estimate of drug-likeness (QED) is 0.768. The predicted octanol–water partition coefficient (Wildman–Crippen LogP) is 1.65. The third-order valence-corrected chi connectivity index (χ3v) is 2.42. The van der Waals surface area contributed by atoms with E-state index < -0.39 is 0 Å². The van der Waals surface area contributed by atoms with Gasteiger partial charge in [0.15, 0.2) is 7.05 Å². The molecule has 0 fully saturated rings. The van der Waals surface area contributed by atoms with E-state index in [0.29, 0.717) is 5.70 Å². The second-order valence-corrected chi connectivity index (χ2v) is 3.62. The number of rotatable bonds is 4. The Bertz CT molecular complexity index is 558. The van der Waals surface area contributed by atoms with Gasteiger partial charge in [0.25, 0.3) is 5.70 Å². The lowest BCUT2D eigenvalue weighted by Gasteiger charge is -2.01. The summed E-state index contributed by atoms with van der Waals surface area (Å²) in [4.78, 5) is 15.4. The molecule has 0 aliphatic rings. The first kappa shape index (κ1) is 12.0. The molecule has 1 aromatic carbocycles. The van der Waals surface area contributed by atoms with Crippen molar-refractivity contribution in [3.8, 4) is 5.75 Å². The van der Waals surface area contributed by atoms with Crippen molar-refractivity contribution in [2.75, 3.05) is 14.2 Å². The highest BCUT2D eigenvalue weighted by molar-refractivity contribution is 5.68. The SMILES string of the molecule is COc1ccc(C(=Cn2cncn2)[N+](C)=O)cc1. The molecule has 6 heteroatoms. The first-order chi connectivity index (χ1) is 8.70. The van der Waals surface area contributed by atoms with Gasteiger partial charge in [-0.25, -0.2) is 9.67 Å². The minimum atomic E-state index is 0.489. The van der Waals surface area contributed by atoms with Gasteiger partial charge >= 0.3 is 0 Å². The number of benzene rings is 1. The maximum Gasteiger partial charge on any atom is 0.280 e. The molecule has 6 nitrogen and oxygen atoms in total. The average Bonchev–Trinajstić information content (AvgIpc) is 2.89. The Morgan fingerprint density at radius 2 is 2.11 bits per heavy atom. The minimum absolute atomic E-state index is 0.489. The van der Waals surface area contributed by atoms with E-state index >= 15 is 0 Å². The van der Waals surface area contributed by atoms with Gasteiger partial charge in [-0.2, -0.15) is 5.10 Å². The molecule has 0 amide bonds. The molecule has 0 spiro atoms. The summed E-state index contributed by atoms with van der Waals surface area (Å²) in [5, 5.41) is 3.94. The topological polar surface area (TPSA) is 60.0 Å². The highest BCUT2D eigenvalue weighted by Crippen LogP contribution is 2.19. The number of ether oxygens (including phenoxy) is 1. The third kappa shape index (κ3) is 2.60. The van der Waals surface area contributed by atoms with Crippen molar-refractivity contribution in [3.05, 3.63) is 47.4 Å². The van der Waals surface area contributed by atoms with Crippen LogP contribution in [0.15, 0.2) is 36.9 Å². The average molecular weight is 245 g/mol. The summed E-state index contributed by atoms with van der Waals surface area (Å²) >= 11 is 0.